The highest BCUT2D eigenvalue weighted by atomic mass is 35.5. The Bertz CT molecular complexity index is 1190. The highest BCUT2D eigenvalue weighted by Gasteiger charge is 2.17. The second-order valence-corrected chi connectivity index (χ2v) is 7.39. The second kappa shape index (κ2) is 9.49. The van der Waals surface area contributed by atoms with Crippen molar-refractivity contribution in [2.45, 2.75) is 12.8 Å². The molecule has 5 nitrogen and oxygen atoms in total. The zero-order chi connectivity index (χ0) is 21.6. The van der Waals surface area contributed by atoms with Crippen molar-refractivity contribution >= 4 is 17.6 Å². The molecule has 1 heterocycles. The fraction of sp³-hybridized carbons (Fsp3) is 0.120. The van der Waals surface area contributed by atoms with Crippen molar-refractivity contribution in [1.82, 2.24) is 9.78 Å². The lowest BCUT2D eigenvalue weighted by Gasteiger charge is -2.09. The van der Waals surface area contributed by atoms with E-state index in [2.05, 4.69) is 0 Å². The molecule has 0 radical (unpaired) electrons. The lowest BCUT2D eigenvalue weighted by Crippen LogP contribution is -2.03. The molecule has 6 heteroatoms. The summed E-state index contributed by atoms with van der Waals surface area (Å²) in [6, 6.07) is 27.2. The van der Waals surface area contributed by atoms with Crippen molar-refractivity contribution < 1.29 is 14.6 Å². The van der Waals surface area contributed by atoms with E-state index < -0.39 is 5.97 Å². The minimum Gasteiger partial charge on any atom is -0.493 e. The number of para-hydroxylation sites is 2. The Morgan fingerprint density at radius 2 is 1.61 bits per heavy atom. The Morgan fingerprint density at radius 3 is 2.35 bits per heavy atom. The summed E-state index contributed by atoms with van der Waals surface area (Å²) in [6.07, 6.45) is 0.508. The van der Waals surface area contributed by atoms with Crippen molar-refractivity contribution in [2.24, 2.45) is 0 Å². The van der Waals surface area contributed by atoms with Gasteiger partial charge in [-0.05, 0) is 42.8 Å². The molecule has 0 unspecified atom stereocenters. The van der Waals surface area contributed by atoms with Gasteiger partial charge in [0.2, 0.25) is 0 Å². The number of carbonyl (C=O) groups is 1. The predicted octanol–water partition coefficient (Wildman–Crippen LogP) is 6.10. The number of aliphatic carboxylic acids is 1. The van der Waals surface area contributed by atoms with Gasteiger partial charge in [0.05, 0.1) is 23.7 Å². The van der Waals surface area contributed by atoms with Crippen molar-refractivity contribution in [1.29, 1.82) is 0 Å². The van der Waals surface area contributed by atoms with Crippen LogP contribution in [0.3, 0.4) is 0 Å². The zero-order valence-electron chi connectivity index (χ0n) is 16.7. The molecule has 156 valence electrons. The van der Waals surface area contributed by atoms with Gasteiger partial charge >= 0.3 is 5.97 Å². The van der Waals surface area contributed by atoms with E-state index >= 15 is 0 Å². The SMILES string of the molecule is O=C(O)CCCOc1ccccc1-c1cc(-c2ccccc2Cl)n(-c2ccccc2)n1. The fourth-order valence-electron chi connectivity index (χ4n) is 3.35. The molecule has 0 aliphatic heterocycles. The summed E-state index contributed by atoms with van der Waals surface area (Å²) < 4.78 is 7.76. The van der Waals surface area contributed by atoms with Crippen molar-refractivity contribution in [3.05, 3.63) is 90.0 Å². The maximum atomic E-state index is 10.8. The van der Waals surface area contributed by atoms with Crippen LogP contribution in [0.2, 0.25) is 5.02 Å². The molecule has 1 N–H and O–H groups in total. The molecule has 0 fully saturated rings. The Kier molecular flexibility index (Phi) is 6.34. The normalized spacial score (nSPS) is 10.7. The van der Waals surface area contributed by atoms with Gasteiger partial charge in [-0.25, -0.2) is 4.68 Å². The van der Waals surface area contributed by atoms with Crippen LogP contribution in [-0.4, -0.2) is 27.5 Å². The van der Waals surface area contributed by atoms with Gasteiger partial charge in [0.25, 0.3) is 0 Å². The molecule has 0 saturated carbocycles. The molecular weight excluding hydrogens is 412 g/mol. The Balaban J connectivity index is 1.75. The van der Waals surface area contributed by atoms with Crippen LogP contribution in [0.5, 0.6) is 5.75 Å². The first-order valence-electron chi connectivity index (χ1n) is 9.98. The van der Waals surface area contributed by atoms with Crippen LogP contribution in [0.4, 0.5) is 0 Å². The molecule has 0 aliphatic carbocycles. The first-order valence-corrected chi connectivity index (χ1v) is 10.4. The maximum Gasteiger partial charge on any atom is 0.303 e. The van der Waals surface area contributed by atoms with Crippen LogP contribution in [0, 0.1) is 0 Å². The first-order chi connectivity index (χ1) is 15.1. The highest BCUT2D eigenvalue weighted by molar-refractivity contribution is 6.33. The van der Waals surface area contributed by atoms with Gasteiger partial charge in [-0.3, -0.25) is 4.79 Å². The van der Waals surface area contributed by atoms with E-state index in [1.165, 1.54) is 0 Å². The smallest absolute Gasteiger partial charge is 0.303 e. The monoisotopic (exact) mass is 432 g/mol. The molecule has 0 saturated heterocycles. The summed E-state index contributed by atoms with van der Waals surface area (Å²) in [4.78, 5) is 10.8. The average molecular weight is 433 g/mol. The third kappa shape index (κ3) is 4.78. The van der Waals surface area contributed by atoms with Crippen LogP contribution in [-0.2, 0) is 4.79 Å². The average Bonchev–Trinajstić information content (AvgIpc) is 3.23. The molecule has 1 aromatic heterocycles. The summed E-state index contributed by atoms with van der Waals surface area (Å²) in [5, 5.41) is 14.3. The maximum absolute atomic E-state index is 10.8. The van der Waals surface area contributed by atoms with E-state index in [1.54, 1.807) is 0 Å². The zero-order valence-corrected chi connectivity index (χ0v) is 17.5. The van der Waals surface area contributed by atoms with Gasteiger partial charge in [-0.2, -0.15) is 5.10 Å². The Morgan fingerprint density at radius 1 is 0.935 bits per heavy atom. The molecule has 4 aromatic rings. The number of nitrogens with zero attached hydrogens (tertiary/aromatic N) is 2. The number of hydrogen-bond donors (Lipinski definition) is 1. The van der Waals surface area contributed by atoms with E-state index in [0.717, 1.165) is 28.2 Å². The second-order valence-electron chi connectivity index (χ2n) is 6.98. The molecule has 0 bridgehead atoms. The van der Waals surface area contributed by atoms with Crippen LogP contribution in [0.25, 0.3) is 28.2 Å². The van der Waals surface area contributed by atoms with Gasteiger partial charge in [-0.15, -0.1) is 0 Å². The number of carboxylic acids is 1. The molecule has 0 spiro atoms. The number of carboxylic acid groups (broad SMARTS) is 1. The van der Waals surface area contributed by atoms with Crippen LogP contribution < -0.4 is 4.74 Å². The number of aromatic nitrogens is 2. The molecule has 0 atom stereocenters. The summed E-state index contributed by atoms with van der Waals surface area (Å²) >= 11 is 6.50. The van der Waals surface area contributed by atoms with E-state index in [1.807, 2.05) is 89.6 Å². The van der Waals surface area contributed by atoms with Crippen LogP contribution in [0.1, 0.15) is 12.8 Å². The van der Waals surface area contributed by atoms with Crippen molar-refractivity contribution in [2.75, 3.05) is 6.61 Å². The molecule has 0 amide bonds. The van der Waals surface area contributed by atoms with Gasteiger partial charge in [0.1, 0.15) is 5.75 Å². The quantitative estimate of drug-likeness (QED) is 0.341. The summed E-state index contributed by atoms with van der Waals surface area (Å²) in [6.45, 7) is 0.320. The van der Waals surface area contributed by atoms with E-state index in [4.69, 9.17) is 26.5 Å². The summed E-state index contributed by atoms with van der Waals surface area (Å²) in [5.74, 6) is -0.167. The molecular formula is C25H21ClN2O3. The van der Waals surface area contributed by atoms with E-state index in [9.17, 15) is 4.79 Å². The molecule has 31 heavy (non-hydrogen) atoms. The topological polar surface area (TPSA) is 64.3 Å². The van der Waals surface area contributed by atoms with Gasteiger partial charge in [0, 0.05) is 22.6 Å². The molecule has 4 rings (SSSR count). The fourth-order valence-corrected chi connectivity index (χ4v) is 3.58. The minimum atomic E-state index is -0.831. The molecule has 3 aromatic carbocycles. The minimum absolute atomic E-state index is 0.0709. The third-order valence-electron chi connectivity index (χ3n) is 4.82. The number of hydrogen-bond acceptors (Lipinski definition) is 3. The highest BCUT2D eigenvalue weighted by Crippen LogP contribution is 2.35. The molecule has 0 aliphatic rings. The van der Waals surface area contributed by atoms with Crippen LogP contribution in [0.15, 0.2) is 84.9 Å². The van der Waals surface area contributed by atoms with Gasteiger partial charge < -0.3 is 9.84 Å². The van der Waals surface area contributed by atoms with Crippen molar-refractivity contribution in [3.63, 3.8) is 0 Å². The van der Waals surface area contributed by atoms with E-state index in [0.29, 0.717) is 23.8 Å². The lowest BCUT2D eigenvalue weighted by atomic mass is 10.1. The largest absolute Gasteiger partial charge is 0.493 e. The Labute approximate surface area is 185 Å². The van der Waals surface area contributed by atoms with Gasteiger partial charge in [-0.1, -0.05) is 60.1 Å². The standard InChI is InChI=1S/C25H21ClN2O3/c26-21-13-6-4-11-19(21)23-17-22(27-28(23)18-9-2-1-3-10-18)20-12-5-7-14-24(20)31-16-8-15-25(29)30/h1-7,9-14,17H,8,15-16H2,(H,29,30). The summed E-state index contributed by atoms with van der Waals surface area (Å²) in [5.41, 5.74) is 4.25. The van der Waals surface area contributed by atoms with Crippen LogP contribution >= 0.6 is 11.6 Å². The number of benzene rings is 3. The summed E-state index contributed by atoms with van der Waals surface area (Å²) in [7, 11) is 0. The lowest BCUT2D eigenvalue weighted by molar-refractivity contribution is -0.137. The van der Waals surface area contributed by atoms with Gasteiger partial charge in [0.15, 0.2) is 0 Å². The number of halogens is 1. The third-order valence-corrected chi connectivity index (χ3v) is 5.15. The number of ether oxygens (including phenoxy) is 1. The van der Waals surface area contributed by atoms with Crippen molar-refractivity contribution in [3.8, 4) is 34.0 Å². The number of rotatable bonds is 8. The first kappa shape index (κ1) is 20.7. The van der Waals surface area contributed by atoms with E-state index in [-0.39, 0.29) is 6.42 Å². The Hall–Kier alpha value is -3.57. The predicted molar refractivity (Wildman–Crippen MR) is 122 cm³/mol.